The van der Waals surface area contributed by atoms with Gasteiger partial charge in [0.25, 0.3) is 5.92 Å². The van der Waals surface area contributed by atoms with Crippen molar-refractivity contribution in [3.05, 3.63) is 0 Å². The second kappa shape index (κ2) is 5.20. The highest BCUT2D eigenvalue weighted by Gasteiger charge is 2.47. The van der Waals surface area contributed by atoms with Crippen molar-refractivity contribution in [1.29, 1.82) is 0 Å². The molecule has 1 aliphatic heterocycles. The molecule has 0 N–H and O–H groups in total. The number of hydrogen-bond acceptors (Lipinski definition) is 4. The van der Waals surface area contributed by atoms with Crippen molar-refractivity contribution < 1.29 is 23.1 Å². The van der Waals surface area contributed by atoms with Gasteiger partial charge in [-0.2, -0.15) is 0 Å². The average Bonchev–Trinajstić information content (AvgIpc) is 2.70. The van der Waals surface area contributed by atoms with E-state index >= 15 is 0 Å². The minimum Gasteiger partial charge on any atom is -0.456 e. The van der Waals surface area contributed by atoms with Crippen molar-refractivity contribution in [3.8, 4) is 0 Å². The Kier molecular flexibility index (Phi) is 4.29. The summed E-state index contributed by atoms with van der Waals surface area (Å²) < 4.78 is 29.9. The molecule has 0 aliphatic carbocycles. The first kappa shape index (κ1) is 14.9. The van der Waals surface area contributed by atoms with E-state index in [1.807, 2.05) is 13.8 Å². The molecule has 0 saturated heterocycles. The second-order valence-corrected chi connectivity index (χ2v) is 5.00. The molecule has 0 aromatic carbocycles. The lowest BCUT2D eigenvalue weighted by Crippen LogP contribution is -2.41. The van der Waals surface area contributed by atoms with E-state index < -0.39 is 24.1 Å². The molecule has 0 amide bonds. The van der Waals surface area contributed by atoms with E-state index in [-0.39, 0.29) is 5.92 Å². The maximum atomic E-state index is 12.7. The molecule has 0 aromatic rings. The molecule has 6 heteroatoms. The van der Waals surface area contributed by atoms with Crippen LogP contribution in [0.2, 0.25) is 0 Å². The van der Waals surface area contributed by atoms with Crippen LogP contribution in [0.1, 0.15) is 40.5 Å². The maximum Gasteiger partial charge on any atom is 0.353 e. The number of nitrogens with zero attached hydrogens (tertiary/aromatic N) is 1. The zero-order valence-electron chi connectivity index (χ0n) is 11.1. The Morgan fingerprint density at radius 1 is 1.61 bits per heavy atom. The van der Waals surface area contributed by atoms with E-state index in [0.29, 0.717) is 19.8 Å². The zero-order chi connectivity index (χ0) is 14.0. The van der Waals surface area contributed by atoms with Gasteiger partial charge in [-0.3, -0.25) is 0 Å². The summed E-state index contributed by atoms with van der Waals surface area (Å²) in [5.74, 6) is -3.66. The Balaban J connectivity index is 2.65. The molecule has 18 heavy (non-hydrogen) atoms. The van der Waals surface area contributed by atoms with Gasteiger partial charge in [0.15, 0.2) is 6.61 Å². The molecule has 0 bridgehead atoms. The van der Waals surface area contributed by atoms with Crippen LogP contribution >= 0.6 is 0 Å². The van der Waals surface area contributed by atoms with E-state index in [1.54, 1.807) is 6.92 Å². The van der Waals surface area contributed by atoms with Crippen LogP contribution in [0.15, 0.2) is 5.16 Å². The number of carbonyl (C=O) groups is 1. The van der Waals surface area contributed by atoms with E-state index in [9.17, 15) is 13.6 Å². The summed E-state index contributed by atoms with van der Waals surface area (Å²) in [5.41, 5.74) is -0.484. The Labute approximate surface area is 105 Å². The quantitative estimate of drug-likeness (QED) is 0.716. The maximum absolute atomic E-state index is 12.7. The zero-order valence-corrected chi connectivity index (χ0v) is 11.1. The molecule has 0 aromatic heterocycles. The molecule has 1 aliphatic rings. The Hall–Kier alpha value is -1.20. The molecule has 1 atom stereocenters. The van der Waals surface area contributed by atoms with E-state index in [2.05, 4.69) is 9.89 Å². The SMILES string of the molecule is CCC1(C(=O)OCC(C)(F)F)CC(C(C)C)=NO1. The van der Waals surface area contributed by atoms with Gasteiger partial charge in [0.2, 0.25) is 5.60 Å². The lowest BCUT2D eigenvalue weighted by atomic mass is 9.90. The van der Waals surface area contributed by atoms with Crippen LogP contribution in [0.25, 0.3) is 0 Å². The highest BCUT2D eigenvalue weighted by atomic mass is 19.3. The molecule has 0 radical (unpaired) electrons. The molecule has 1 unspecified atom stereocenters. The average molecular weight is 263 g/mol. The smallest absolute Gasteiger partial charge is 0.353 e. The van der Waals surface area contributed by atoms with Gasteiger partial charge in [-0.15, -0.1) is 0 Å². The number of alkyl halides is 2. The summed E-state index contributed by atoms with van der Waals surface area (Å²) in [6.07, 6.45) is 0.635. The summed E-state index contributed by atoms with van der Waals surface area (Å²) >= 11 is 0. The molecule has 4 nitrogen and oxygen atoms in total. The van der Waals surface area contributed by atoms with Crippen molar-refractivity contribution in [2.24, 2.45) is 11.1 Å². The summed E-state index contributed by atoms with van der Waals surface area (Å²) in [6.45, 7) is 5.36. The monoisotopic (exact) mass is 263 g/mol. The predicted molar refractivity (Wildman–Crippen MR) is 62.6 cm³/mol. The highest BCUT2D eigenvalue weighted by Crippen LogP contribution is 2.31. The minimum absolute atomic E-state index is 0.152. The summed E-state index contributed by atoms with van der Waals surface area (Å²) in [6, 6.07) is 0. The van der Waals surface area contributed by atoms with Gasteiger partial charge in [0.05, 0.1) is 5.71 Å². The largest absolute Gasteiger partial charge is 0.456 e. The van der Waals surface area contributed by atoms with Gasteiger partial charge in [0.1, 0.15) is 0 Å². The summed E-state index contributed by atoms with van der Waals surface area (Å²) in [7, 11) is 0. The third-order valence-electron chi connectivity index (χ3n) is 2.87. The number of ether oxygens (including phenoxy) is 1. The first-order chi connectivity index (χ1) is 8.20. The lowest BCUT2D eigenvalue weighted by molar-refractivity contribution is -0.178. The van der Waals surface area contributed by atoms with Crippen molar-refractivity contribution in [3.63, 3.8) is 0 Å². The molecule has 0 saturated carbocycles. The molecular weight excluding hydrogens is 244 g/mol. The van der Waals surface area contributed by atoms with E-state index in [0.717, 1.165) is 5.71 Å². The van der Waals surface area contributed by atoms with Crippen molar-refractivity contribution in [2.75, 3.05) is 6.61 Å². The van der Waals surface area contributed by atoms with Gasteiger partial charge >= 0.3 is 5.97 Å². The normalized spacial score (nSPS) is 23.8. The Morgan fingerprint density at radius 3 is 2.61 bits per heavy atom. The van der Waals surface area contributed by atoms with Gasteiger partial charge < -0.3 is 9.57 Å². The minimum atomic E-state index is -3.04. The van der Waals surface area contributed by atoms with Gasteiger partial charge in [-0.1, -0.05) is 25.9 Å². The Morgan fingerprint density at radius 2 is 2.22 bits per heavy atom. The van der Waals surface area contributed by atoms with E-state index in [4.69, 9.17) is 4.84 Å². The van der Waals surface area contributed by atoms with Crippen molar-refractivity contribution in [2.45, 2.75) is 52.1 Å². The van der Waals surface area contributed by atoms with Crippen molar-refractivity contribution >= 4 is 11.7 Å². The van der Waals surface area contributed by atoms with Crippen LogP contribution in [0, 0.1) is 5.92 Å². The van der Waals surface area contributed by atoms with Crippen LogP contribution in [-0.4, -0.2) is 29.8 Å². The number of carbonyl (C=O) groups excluding carboxylic acids is 1. The number of esters is 1. The van der Waals surface area contributed by atoms with Crippen LogP contribution in [-0.2, 0) is 14.4 Å². The van der Waals surface area contributed by atoms with E-state index in [1.165, 1.54) is 0 Å². The number of rotatable bonds is 5. The highest BCUT2D eigenvalue weighted by molar-refractivity contribution is 5.94. The molecular formula is C12H19F2NO3. The lowest BCUT2D eigenvalue weighted by Gasteiger charge is -2.23. The summed E-state index contributed by atoms with van der Waals surface area (Å²) in [5, 5.41) is 3.85. The molecule has 0 spiro atoms. The number of hydrogen-bond donors (Lipinski definition) is 0. The standard InChI is InChI=1S/C12H19F2NO3/c1-5-12(6-9(8(2)3)15-18-12)10(16)17-7-11(4,13)14/h8H,5-7H2,1-4H3. The van der Waals surface area contributed by atoms with Crippen LogP contribution < -0.4 is 0 Å². The van der Waals surface area contributed by atoms with Gasteiger partial charge in [0, 0.05) is 13.3 Å². The molecule has 1 rings (SSSR count). The first-order valence-electron chi connectivity index (χ1n) is 6.00. The second-order valence-electron chi connectivity index (χ2n) is 5.00. The fraction of sp³-hybridized carbons (Fsp3) is 0.833. The molecule has 0 fully saturated rings. The molecule has 104 valence electrons. The van der Waals surface area contributed by atoms with Gasteiger partial charge in [-0.05, 0) is 12.3 Å². The Bertz CT molecular complexity index is 350. The molecule has 1 heterocycles. The third-order valence-corrected chi connectivity index (χ3v) is 2.87. The summed E-state index contributed by atoms with van der Waals surface area (Å²) in [4.78, 5) is 17.0. The fourth-order valence-corrected chi connectivity index (χ4v) is 1.58. The van der Waals surface area contributed by atoms with Crippen LogP contribution in [0.5, 0.6) is 0 Å². The van der Waals surface area contributed by atoms with Crippen LogP contribution in [0.4, 0.5) is 8.78 Å². The third kappa shape index (κ3) is 3.40. The van der Waals surface area contributed by atoms with Crippen LogP contribution in [0.3, 0.4) is 0 Å². The van der Waals surface area contributed by atoms with Crippen molar-refractivity contribution in [1.82, 2.24) is 0 Å². The topological polar surface area (TPSA) is 47.9 Å². The number of halogens is 2. The number of oxime groups is 1. The first-order valence-corrected chi connectivity index (χ1v) is 6.00. The fourth-order valence-electron chi connectivity index (χ4n) is 1.58. The predicted octanol–water partition coefficient (Wildman–Crippen LogP) is 2.77. The van der Waals surface area contributed by atoms with Gasteiger partial charge in [-0.25, -0.2) is 13.6 Å².